The van der Waals surface area contributed by atoms with E-state index in [9.17, 15) is 14.9 Å². The zero-order chi connectivity index (χ0) is 26.6. The third-order valence-electron chi connectivity index (χ3n) is 6.88. The number of nitrogens with zero attached hydrogens (tertiary/aromatic N) is 5. The van der Waals surface area contributed by atoms with Crippen molar-refractivity contribution in [2.45, 2.75) is 20.3 Å². The molecule has 1 fully saturated rings. The monoisotopic (exact) mass is 507 g/mol. The molecule has 0 bridgehead atoms. The SMILES string of the molecule is Cc1cccc(-c2nc(C)c(Cc3ccccc3)c(N3CCN(C(=O)c4ccc([N+](=O)[O-])cc4)CC3)n2)c1. The second kappa shape index (κ2) is 10.8. The fourth-order valence-corrected chi connectivity index (χ4v) is 4.79. The van der Waals surface area contributed by atoms with E-state index in [2.05, 4.69) is 36.1 Å². The van der Waals surface area contributed by atoms with Crippen LogP contribution in [0.3, 0.4) is 0 Å². The van der Waals surface area contributed by atoms with Gasteiger partial charge in [0.25, 0.3) is 11.6 Å². The van der Waals surface area contributed by atoms with Gasteiger partial charge in [-0.2, -0.15) is 0 Å². The molecular formula is C30H29N5O3. The second-order valence-electron chi connectivity index (χ2n) is 9.55. The van der Waals surface area contributed by atoms with Crippen LogP contribution in [-0.2, 0) is 6.42 Å². The number of hydrogen-bond donors (Lipinski definition) is 0. The highest BCUT2D eigenvalue weighted by atomic mass is 16.6. The maximum Gasteiger partial charge on any atom is 0.269 e. The number of aromatic nitrogens is 2. The van der Waals surface area contributed by atoms with Crippen LogP contribution >= 0.6 is 0 Å². The van der Waals surface area contributed by atoms with E-state index in [1.54, 1.807) is 4.90 Å². The van der Waals surface area contributed by atoms with Crippen LogP contribution in [0.15, 0.2) is 78.9 Å². The fourth-order valence-electron chi connectivity index (χ4n) is 4.79. The highest BCUT2D eigenvalue weighted by Crippen LogP contribution is 2.29. The van der Waals surface area contributed by atoms with E-state index in [-0.39, 0.29) is 11.6 Å². The van der Waals surface area contributed by atoms with Crippen molar-refractivity contribution in [2.75, 3.05) is 31.1 Å². The summed E-state index contributed by atoms with van der Waals surface area (Å²) in [5.74, 6) is 1.48. The van der Waals surface area contributed by atoms with Crippen LogP contribution in [-0.4, -0.2) is 51.9 Å². The largest absolute Gasteiger partial charge is 0.353 e. The van der Waals surface area contributed by atoms with Gasteiger partial charge in [-0.05, 0) is 37.6 Å². The molecule has 38 heavy (non-hydrogen) atoms. The van der Waals surface area contributed by atoms with Gasteiger partial charge in [0, 0.05) is 67.1 Å². The van der Waals surface area contributed by atoms with Crippen molar-refractivity contribution in [1.82, 2.24) is 14.9 Å². The summed E-state index contributed by atoms with van der Waals surface area (Å²) < 4.78 is 0. The van der Waals surface area contributed by atoms with E-state index >= 15 is 0 Å². The Hall–Kier alpha value is -4.59. The van der Waals surface area contributed by atoms with Gasteiger partial charge in [-0.25, -0.2) is 9.97 Å². The molecule has 8 heteroatoms. The molecule has 3 aromatic carbocycles. The first-order valence-electron chi connectivity index (χ1n) is 12.7. The molecular weight excluding hydrogens is 478 g/mol. The first kappa shape index (κ1) is 25.1. The van der Waals surface area contributed by atoms with E-state index in [1.807, 2.05) is 37.3 Å². The molecule has 0 radical (unpaired) electrons. The van der Waals surface area contributed by atoms with Crippen LogP contribution in [0.25, 0.3) is 11.4 Å². The Labute approximate surface area is 221 Å². The van der Waals surface area contributed by atoms with Crippen LogP contribution in [0.1, 0.15) is 32.7 Å². The lowest BCUT2D eigenvalue weighted by Gasteiger charge is -2.36. The molecule has 1 aliphatic heterocycles. The lowest BCUT2D eigenvalue weighted by Crippen LogP contribution is -2.49. The summed E-state index contributed by atoms with van der Waals surface area (Å²) >= 11 is 0. The molecule has 0 atom stereocenters. The van der Waals surface area contributed by atoms with Gasteiger partial charge in [0.05, 0.1) is 4.92 Å². The van der Waals surface area contributed by atoms with E-state index in [0.29, 0.717) is 37.6 Å². The molecule has 1 amide bonds. The normalized spacial score (nSPS) is 13.4. The maximum atomic E-state index is 13.1. The topological polar surface area (TPSA) is 92.5 Å². The Morgan fingerprint density at radius 2 is 1.61 bits per heavy atom. The van der Waals surface area contributed by atoms with Gasteiger partial charge in [-0.15, -0.1) is 0 Å². The predicted octanol–water partition coefficient (Wildman–Crippen LogP) is 5.22. The van der Waals surface area contributed by atoms with Gasteiger partial charge in [0.2, 0.25) is 0 Å². The van der Waals surface area contributed by atoms with Crippen LogP contribution in [0.2, 0.25) is 0 Å². The number of rotatable bonds is 6. The third kappa shape index (κ3) is 5.39. The number of carbonyl (C=O) groups is 1. The Morgan fingerprint density at radius 1 is 0.895 bits per heavy atom. The van der Waals surface area contributed by atoms with E-state index in [4.69, 9.17) is 9.97 Å². The number of hydrogen-bond acceptors (Lipinski definition) is 6. The third-order valence-corrected chi connectivity index (χ3v) is 6.88. The van der Waals surface area contributed by atoms with Crippen molar-refractivity contribution in [1.29, 1.82) is 0 Å². The molecule has 2 heterocycles. The number of carbonyl (C=O) groups excluding carboxylic acids is 1. The molecule has 0 unspecified atom stereocenters. The number of amides is 1. The molecule has 8 nitrogen and oxygen atoms in total. The van der Waals surface area contributed by atoms with Gasteiger partial charge >= 0.3 is 0 Å². The van der Waals surface area contributed by atoms with Gasteiger partial charge in [0.15, 0.2) is 5.82 Å². The number of piperazine rings is 1. The average Bonchev–Trinajstić information content (AvgIpc) is 2.94. The summed E-state index contributed by atoms with van der Waals surface area (Å²) in [5, 5.41) is 10.9. The van der Waals surface area contributed by atoms with Crippen molar-refractivity contribution < 1.29 is 9.72 Å². The number of aryl methyl sites for hydroxylation is 2. The van der Waals surface area contributed by atoms with E-state index in [1.165, 1.54) is 29.8 Å². The van der Waals surface area contributed by atoms with Crippen molar-refractivity contribution in [2.24, 2.45) is 0 Å². The molecule has 0 N–H and O–H groups in total. The highest BCUT2D eigenvalue weighted by molar-refractivity contribution is 5.94. The molecule has 192 valence electrons. The van der Waals surface area contributed by atoms with Gasteiger partial charge < -0.3 is 9.80 Å². The summed E-state index contributed by atoms with van der Waals surface area (Å²) in [6, 6.07) is 24.3. The summed E-state index contributed by atoms with van der Waals surface area (Å²) in [4.78, 5) is 37.5. The average molecular weight is 508 g/mol. The zero-order valence-corrected chi connectivity index (χ0v) is 21.5. The van der Waals surface area contributed by atoms with Gasteiger partial charge in [-0.3, -0.25) is 14.9 Å². The summed E-state index contributed by atoms with van der Waals surface area (Å²) in [6.45, 7) is 6.42. The fraction of sp³-hybridized carbons (Fsp3) is 0.233. The molecule has 0 aliphatic carbocycles. The highest BCUT2D eigenvalue weighted by Gasteiger charge is 2.26. The van der Waals surface area contributed by atoms with Crippen molar-refractivity contribution in [3.05, 3.63) is 117 Å². The first-order chi connectivity index (χ1) is 18.4. The predicted molar refractivity (Wildman–Crippen MR) is 147 cm³/mol. The Morgan fingerprint density at radius 3 is 2.26 bits per heavy atom. The summed E-state index contributed by atoms with van der Waals surface area (Å²) in [5.41, 5.74) is 5.78. The number of anilines is 1. The zero-order valence-electron chi connectivity index (χ0n) is 21.5. The lowest BCUT2D eigenvalue weighted by molar-refractivity contribution is -0.384. The molecule has 4 aromatic rings. The minimum absolute atomic E-state index is 0.0270. The van der Waals surface area contributed by atoms with Crippen LogP contribution in [0, 0.1) is 24.0 Å². The molecule has 5 rings (SSSR count). The summed E-state index contributed by atoms with van der Waals surface area (Å²) in [6.07, 6.45) is 0.720. The number of non-ortho nitro benzene ring substituents is 1. The molecule has 1 aliphatic rings. The maximum absolute atomic E-state index is 13.1. The van der Waals surface area contributed by atoms with Crippen LogP contribution < -0.4 is 4.90 Å². The van der Waals surface area contributed by atoms with Crippen molar-refractivity contribution in [3.8, 4) is 11.4 Å². The number of nitro benzene ring substituents is 1. The lowest BCUT2D eigenvalue weighted by atomic mass is 10.0. The Balaban J connectivity index is 1.41. The minimum Gasteiger partial charge on any atom is -0.353 e. The minimum atomic E-state index is -0.464. The molecule has 0 spiro atoms. The number of benzene rings is 3. The quantitative estimate of drug-likeness (QED) is 0.262. The molecule has 1 aromatic heterocycles. The summed E-state index contributed by atoms with van der Waals surface area (Å²) in [7, 11) is 0. The van der Waals surface area contributed by atoms with Gasteiger partial charge in [-0.1, -0.05) is 54.1 Å². The van der Waals surface area contributed by atoms with E-state index in [0.717, 1.165) is 34.6 Å². The smallest absolute Gasteiger partial charge is 0.269 e. The van der Waals surface area contributed by atoms with Crippen molar-refractivity contribution >= 4 is 17.4 Å². The van der Waals surface area contributed by atoms with Crippen LogP contribution in [0.5, 0.6) is 0 Å². The van der Waals surface area contributed by atoms with E-state index < -0.39 is 4.92 Å². The molecule has 0 saturated carbocycles. The Kier molecular flexibility index (Phi) is 7.13. The molecule has 1 saturated heterocycles. The van der Waals surface area contributed by atoms with Gasteiger partial charge in [0.1, 0.15) is 5.82 Å². The van der Waals surface area contributed by atoms with Crippen molar-refractivity contribution in [3.63, 3.8) is 0 Å². The second-order valence-corrected chi connectivity index (χ2v) is 9.55. The first-order valence-corrected chi connectivity index (χ1v) is 12.7. The standard InChI is InChI=1S/C30H29N5O3/c1-21-7-6-10-25(19-21)28-31-22(2)27(20-23-8-4-3-5-9-23)29(32-28)33-15-17-34(18-16-33)30(36)24-11-13-26(14-12-24)35(37)38/h3-14,19H,15-18,20H2,1-2H3. The number of nitro groups is 1. The Bertz CT molecular complexity index is 1460. The van der Waals surface area contributed by atoms with Crippen LogP contribution in [0.4, 0.5) is 11.5 Å².